The van der Waals surface area contributed by atoms with Gasteiger partial charge in [0.15, 0.2) is 0 Å². The number of ether oxygens (including phenoxy) is 1. The Balaban J connectivity index is 1.38. The highest BCUT2D eigenvalue weighted by atomic mass is 31.2. The number of nitrogens with zero attached hydrogens (tertiary/aromatic N) is 4. The highest BCUT2D eigenvalue weighted by Gasteiger charge is 2.27. The number of hydrogen-bond acceptors (Lipinski definition) is 9. The van der Waals surface area contributed by atoms with Crippen LogP contribution in [0.25, 0.3) is 11.0 Å². The molecule has 44 heavy (non-hydrogen) atoms. The first-order chi connectivity index (χ1) is 20.8. The molecule has 4 N–H and O–H groups in total. The molecule has 236 valence electrons. The third-order valence-corrected chi connectivity index (χ3v) is 9.35. The van der Waals surface area contributed by atoms with Crippen LogP contribution in [0.3, 0.4) is 0 Å². The number of H-pyrrole nitrogens is 1. The summed E-state index contributed by atoms with van der Waals surface area (Å²) < 4.78 is 19.3. The Kier molecular flexibility index (Phi) is 9.25. The van der Waals surface area contributed by atoms with Crippen LogP contribution in [0, 0.1) is 0 Å². The molecular formula is C33H46N7O3P. The van der Waals surface area contributed by atoms with Crippen LogP contribution in [0.5, 0.6) is 5.75 Å². The number of likely N-dealkylation sites (N-methyl/N-ethyl adjacent to an activating group) is 1. The number of nitrogens with one attached hydrogen (secondary N) is 3. The number of anilines is 5. The van der Waals surface area contributed by atoms with Crippen LogP contribution in [-0.2, 0) is 4.57 Å². The third-order valence-electron chi connectivity index (χ3n) is 7.80. The second-order valence-electron chi connectivity index (χ2n) is 13.0. The number of para-hydroxylation sites is 1. The predicted molar refractivity (Wildman–Crippen MR) is 182 cm³/mol. The second-order valence-corrected chi connectivity index (χ2v) is 16.2. The molecule has 0 atom stereocenters. The molecule has 0 radical (unpaired) electrons. The SMILES string of the molecule is CC(C)Oc1cc(Nc2nc(Nc3ccccc3P(C)(C)=O)c3cc[nH]c3n2)ccc1N1CCC(N(C)CC(C)(C)O)CC1. The lowest BCUT2D eigenvalue weighted by atomic mass is 10.0. The summed E-state index contributed by atoms with van der Waals surface area (Å²) in [6.45, 7) is 13.8. The van der Waals surface area contributed by atoms with E-state index in [9.17, 15) is 9.67 Å². The molecule has 4 aromatic rings. The van der Waals surface area contributed by atoms with Crippen LogP contribution in [0.2, 0.25) is 0 Å². The Morgan fingerprint density at radius 2 is 1.84 bits per heavy atom. The lowest BCUT2D eigenvalue weighted by molar-refractivity contribution is 0.0274. The van der Waals surface area contributed by atoms with Crippen molar-refractivity contribution in [2.45, 2.75) is 58.3 Å². The van der Waals surface area contributed by atoms with Crippen LogP contribution in [0.4, 0.5) is 28.8 Å². The Morgan fingerprint density at radius 3 is 2.52 bits per heavy atom. The predicted octanol–water partition coefficient (Wildman–Crippen LogP) is 6.15. The van der Waals surface area contributed by atoms with E-state index in [0.717, 1.165) is 59.4 Å². The summed E-state index contributed by atoms with van der Waals surface area (Å²) in [5.41, 5.74) is 2.62. The first-order valence-electron chi connectivity index (χ1n) is 15.3. The van der Waals surface area contributed by atoms with Crippen molar-refractivity contribution in [2.24, 2.45) is 0 Å². The zero-order valence-corrected chi connectivity index (χ0v) is 27.8. The third kappa shape index (κ3) is 7.73. The molecule has 0 saturated carbocycles. The maximum Gasteiger partial charge on any atom is 0.231 e. The van der Waals surface area contributed by atoms with Gasteiger partial charge in [-0.25, -0.2) is 0 Å². The lowest BCUT2D eigenvalue weighted by Crippen LogP contribution is -2.47. The Bertz CT molecular complexity index is 1630. The summed E-state index contributed by atoms with van der Waals surface area (Å²) in [5, 5.41) is 18.7. The van der Waals surface area contributed by atoms with E-state index < -0.39 is 12.7 Å². The minimum atomic E-state index is -2.52. The molecule has 0 aliphatic carbocycles. The van der Waals surface area contributed by atoms with E-state index in [1.807, 2.05) is 76.4 Å². The number of rotatable bonds is 11. The molecule has 0 amide bonds. The van der Waals surface area contributed by atoms with Gasteiger partial charge >= 0.3 is 0 Å². The van der Waals surface area contributed by atoms with E-state index in [2.05, 4.69) is 38.5 Å². The Labute approximate surface area is 260 Å². The fraction of sp³-hybridized carbons (Fsp3) is 0.455. The van der Waals surface area contributed by atoms with E-state index in [0.29, 0.717) is 30.0 Å². The summed E-state index contributed by atoms with van der Waals surface area (Å²) in [4.78, 5) is 17.4. The first-order valence-corrected chi connectivity index (χ1v) is 17.9. The molecule has 2 aromatic carbocycles. The van der Waals surface area contributed by atoms with E-state index in [4.69, 9.17) is 14.7 Å². The van der Waals surface area contributed by atoms with Gasteiger partial charge < -0.3 is 39.8 Å². The Hall–Kier alpha value is -3.59. The van der Waals surface area contributed by atoms with Gasteiger partial charge in [0.1, 0.15) is 24.4 Å². The van der Waals surface area contributed by atoms with E-state index in [1.54, 1.807) is 13.3 Å². The Morgan fingerprint density at radius 1 is 1.11 bits per heavy atom. The molecule has 2 aromatic heterocycles. The second kappa shape index (κ2) is 12.8. The molecular weight excluding hydrogens is 573 g/mol. The maximum absolute atomic E-state index is 13.0. The topological polar surface area (TPSA) is 119 Å². The molecule has 1 fully saturated rings. The number of benzene rings is 2. The molecule has 0 bridgehead atoms. The van der Waals surface area contributed by atoms with Crippen molar-refractivity contribution in [2.75, 3.05) is 55.5 Å². The average Bonchev–Trinajstić information content (AvgIpc) is 3.41. The van der Waals surface area contributed by atoms with Crippen molar-refractivity contribution in [1.82, 2.24) is 19.9 Å². The monoisotopic (exact) mass is 619 g/mol. The summed E-state index contributed by atoms with van der Waals surface area (Å²) in [6, 6.07) is 16.1. The molecule has 1 aliphatic rings. The minimum Gasteiger partial charge on any atom is -0.489 e. The first kappa shape index (κ1) is 31.8. The zero-order valence-electron chi connectivity index (χ0n) is 26.9. The number of piperidine rings is 1. The highest BCUT2D eigenvalue weighted by Crippen LogP contribution is 2.39. The van der Waals surface area contributed by atoms with Gasteiger partial charge in [-0.1, -0.05) is 12.1 Å². The van der Waals surface area contributed by atoms with Crippen LogP contribution < -0.4 is 25.6 Å². The fourth-order valence-corrected chi connectivity index (χ4v) is 7.04. The van der Waals surface area contributed by atoms with Gasteiger partial charge in [0, 0.05) is 48.9 Å². The molecule has 10 nitrogen and oxygen atoms in total. The fourth-order valence-electron chi connectivity index (χ4n) is 5.89. The number of aromatic amines is 1. The summed E-state index contributed by atoms with van der Waals surface area (Å²) >= 11 is 0. The number of hydrogen-bond donors (Lipinski definition) is 4. The van der Waals surface area contributed by atoms with Crippen molar-refractivity contribution in [1.29, 1.82) is 0 Å². The van der Waals surface area contributed by atoms with Crippen LogP contribution in [0.15, 0.2) is 54.7 Å². The summed E-state index contributed by atoms with van der Waals surface area (Å²) in [6.07, 6.45) is 3.87. The largest absolute Gasteiger partial charge is 0.489 e. The quantitative estimate of drug-likeness (QED) is 0.147. The van der Waals surface area contributed by atoms with Gasteiger partial charge in [0.05, 0.1) is 28.5 Å². The highest BCUT2D eigenvalue weighted by molar-refractivity contribution is 7.70. The molecule has 0 unspecified atom stereocenters. The zero-order chi connectivity index (χ0) is 31.6. The number of aromatic nitrogens is 3. The van der Waals surface area contributed by atoms with Crippen molar-refractivity contribution >= 4 is 52.3 Å². The van der Waals surface area contributed by atoms with Crippen molar-refractivity contribution in [3.05, 3.63) is 54.7 Å². The molecule has 3 heterocycles. The minimum absolute atomic E-state index is 0.00922. The smallest absolute Gasteiger partial charge is 0.231 e. The van der Waals surface area contributed by atoms with Gasteiger partial charge in [0.25, 0.3) is 0 Å². The van der Waals surface area contributed by atoms with Crippen LogP contribution in [0.1, 0.15) is 40.5 Å². The standard InChI is InChI=1S/C33H46N7O3P/c1-22(2)43-28-20-23(12-13-27(28)40-18-15-24(16-19-40)39(5)21-33(3,4)41)35-32-37-30-25(14-17-34-30)31(38-32)36-26-10-8-9-11-29(26)44(6,7)42/h8-14,17,20,22,24,41H,15-16,18-19,21H2,1-7H3,(H3,34,35,36,37,38). The lowest BCUT2D eigenvalue weighted by Gasteiger charge is -2.40. The van der Waals surface area contributed by atoms with Gasteiger partial charge in [-0.05, 0) is 91.2 Å². The van der Waals surface area contributed by atoms with E-state index in [1.165, 1.54) is 0 Å². The van der Waals surface area contributed by atoms with Gasteiger partial charge in [-0.15, -0.1) is 0 Å². The molecule has 1 aliphatic heterocycles. The van der Waals surface area contributed by atoms with Crippen molar-refractivity contribution < 1.29 is 14.4 Å². The van der Waals surface area contributed by atoms with Crippen LogP contribution >= 0.6 is 7.14 Å². The molecule has 1 saturated heterocycles. The van der Waals surface area contributed by atoms with Crippen molar-refractivity contribution in [3.63, 3.8) is 0 Å². The molecule has 11 heteroatoms. The summed E-state index contributed by atoms with van der Waals surface area (Å²) in [5.74, 6) is 1.85. The number of fused-ring (bicyclic) bond motifs is 1. The van der Waals surface area contributed by atoms with E-state index in [-0.39, 0.29) is 6.10 Å². The van der Waals surface area contributed by atoms with Crippen LogP contribution in [-0.4, -0.2) is 82.7 Å². The van der Waals surface area contributed by atoms with Gasteiger partial charge in [0.2, 0.25) is 5.95 Å². The average molecular weight is 620 g/mol. The molecule has 0 spiro atoms. The molecule has 5 rings (SSSR count). The van der Waals surface area contributed by atoms with E-state index >= 15 is 0 Å². The summed E-state index contributed by atoms with van der Waals surface area (Å²) in [7, 11) is -0.414. The maximum atomic E-state index is 13.0. The normalized spacial score (nSPS) is 14.9. The van der Waals surface area contributed by atoms with Gasteiger partial charge in [-0.2, -0.15) is 9.97 Å². The van der Waals surface area contributed by atoms with Crippen molar-refractivity contribution in [3.8, 4) is 5.75 Å². The van der Waals surface area contributed by atoms with Gasteiger partial charge in [-0.3, -0.25) is 0 Å². The number of aliphatic hydroxyl groups is 1.